The van der Waals surface area contributed by atoms with E-state index in [9.17, 15) is 4.79 Å². The summed E-state index contributed by atoms with van der Waals surface area (Å²) in [6.45, 7) is 2.96. The molecule has 0 spiro atoms. The topological polar surface area (TPSA) is 88.2 Å². The Balaban J connectivity index is 2.90. The summed E-state index contributed by atoms with van der Waals surface area (Å²) >= 11 is 6.19. The van der Waals surface area contributed by atoms with Crippen LogP contribution in [0.25, 0.3) is 0 Å². The molecular weight excluding hydrogens is 294 g/mol. The third kappa shape index (κ3) is 4.91. The largest absolute Gasteiger partial charge is 0.409 e. The summed E-state index contributed by atoms with van der Waals surface area (Å²) in [7, 11) is 1.56. The zero-order valence-corrected chi connectivity index (χ0v) is 12.9. The Morgan fingerprint density at radius 3 is 2.81 bits per heavy atom. The lowest BCUT2D eigenvalue weighted by atomic mass is 10.1. The number of rotatable bonds is 7. The summed E-state index contributed by atoms with van der Waals surface area (Å²) in [5, 5.41) is 11.9. The fourth-order valence-corrected chi connectivity index (χ4v) is 2.01. The Bertz CT molecular complexity index is 520. The smallest absolute Gasteiger partial charge is 0.255 e. The first kappa shape index (κ1) is 17.3. The number of methoxy groups -OCH3 is 1. The molecule has 0 saturated carbocycles. The molecule has 1 aromatic rings. The van der Waals surface area contributed by atoms with Crippen LogP contribution >= 0.6 is 11.6 Å². The van der Waals surface area contributed by atoms with Gasteiger partial charge in [-0.15, -0.1) is 0 Å². The van der Waals surface area contributed by atoms with Gasteiger partial charge in [0.2, 0.25) is 0 Å². The van der Waals surface area contributed by atoms with Crippen molar-refractivity contribution in [2.45, 2.75) is 13.3 Å². The number of benzene rings is 1. The van der Waals surface area contributed by atoms with Crippen LogP contribution in [0.15, 0.2) is 23.4 Å². The van der Waals surface area contributed by atoms with Gasteiger partial charge in [0, 0.05) is 26.6 Å². The monoisotopic (exact) mass is 313 g/mol. The van der Waals surface area contributed by atoms with Crippen LogP contribution in [-0.4, -0.2) is 48.7 Å². The van der Waals surface area contributed by atoms with Crippen molar-refractivity contribution >= 4 is 23.3 Å². The molecule has 3 N–H and O–H groups in total. The van der Waals surface area contributed by atoms with Gasteiger partial charge in [-0.1, -0.05) is 28.9 Å². The van der Waals surface area contributed by atoms with E-state index in [1.54, 1.807) is 24.1 Å². The van der Waals surface area contributed by atoms with Gasteiger partial charge in [-0.05, 0) is 18.6 Å². The Hall–Kier alpha value is -1.79. The SMILES string of the molecule is COCCN(CC/C(N)=N/O)C(=O)c1cccc(C)c1Cl. The molecule has 1 rings (SSSR count). The number of oxime groups is 1. The standard InChI is InChI=1S/C14H20ClN3O3/c1-10-4-3-5-11(13(10)15)14(19)18(8-9-21-2)7-6-12(16)17-20/h3-5,20H,6-9H2,1-2H3,(H2,16,17). The minimum absolute atomic E-state index is 0.0700. The highest BCUT2D eigenvalue weighted by Gasteiger charge is 2.19. The zero-order chi connectivity index (χ0) is 15.8. The maximum absolute atomic E-state index is 12.6. The van der Waals surface area contributed by atoms with Gasteiger partial charge in [0.25, 0.3) is 5.91 Å². The summed E-state index contributed by atoms with van der Waals surface area (Å²) in [5.41, 5.74) is 6.72. The van der Waals surface area contributed by atoms with E-state index in [-0.39, 0.29) is 18.2 Å². The van der Waals surface area contributed by atoms with E-state index in [1.807, 2.05) is 13.0 Å². The molecule has 1 aromatic carbocycles. The Morgan fingerprint density at radius 2 is 2.19 bits per heavy atom. The van der Waals surface area contributed by atoms with Crippen LogP contribution in [0.4, 0.5) is 0 Å². The molecule has 0 aliphatic carbocycles. The van der Waals surface area contributed by atoms with Gasteiger partial charge in [-0.3, -0.25) is 4.79 Å². The van der Waals surface area contributed by atoms with Gasteiger partial charge in [-0.2, -0.15) is 0 Å². The van der Waals surface area contributed by atoms with Crippen molar-refractivity contribution in [3.8, 4) is 0 Å². The number of amides is 1. The second-order valence-corrected chi connectivity index (χ2v) is 4.94. The van der Waals surface area contributed by atoms with E-state index in [0.717, 1.165) is 5.56 Å². The lowest BCUT2D eigenvalue weighted by molar-refractivity contribution is 0.0700. The molecule has 0 fully saturated rings. The quantitative estimate of drug-likeness (QED) is 0.348. The maximum Gasteiger partial charge on any atom is 0.255 e. The van der Waals surface area contributed by atoms with Crippen LogP contribution in [-0.2, 0) is 4.74 Å². The number of ether oxygens (including phenoxy) is 1. The molecule has 0 atom stereocenters. The Morgan fingerprint density at radius 1 is 1.48 bits per heavy atom. The van der Waals surface area contributed by atoms with Gasteiger partial charge in [0.15, 0.2) is 0 Å². The number of hydrogen-bond acceptors (Lipinski definition) is 4. The lowest BCUT2D eigenvalue weighted by Gasteiger charge is -2.23. The van der Waals surface area contributed by atoms with E-state index in [2.05, 4.69) is 5.16 Å². The number of halogens is 1. The molecule has 0 aromatic heterocycles. The van der Waals surface area contributed by atoms with Crippen LogP contribution in [0.3, 0.4) is 0 Å². The Labute approximate surface area is 129 Å². The van der Waals surface area contributed by atoms with Gasteiger partial charge >= 0.3 is 0 Å². The summed E-state index contributed by atoms with van der Waals surface area (Å²) in [4.78, 5) is 14.1. The summed E-state index contributed by atoms with van der Waals surface area (Å²) in [5.74, 6) is -0.132. The van der Waals surface area contributed by atoms with Crippen LogP contribution in [0.5, 0.6) is 0 Å². The second-order valence-electron chi connectivity index (χ2n) is 4.56. The molecule has 0 radical (unpaired) electrons. The summed E-state index contributed by atoms with van der Waals surface area (Å²) < 4.78 is 5.01. The third-order valence-corrected chi connectivity index (χ3v) is 3.54. The summed E-state index contributed by atoms with van der Waals surface area (Å²) in [6.07, 6.45) is 0.273. The highest BCUT2D eigenvalue weighted by molar-refractivity contribution is 6.34. The van der Waals surface area contributed by atoms with Crippen molar-refractivity contribution in [1.82, 2.24) is 4.90 Å². The van der Waals surface area contributed by atoms with Crippen LogP contribution in [0.1, 0.15) is 22.3 Å². The molecule has 0 unspecified atom stereocenters. The summed E-state index contributed by atoms with van der Waals surface area (Å²) in [6, 6.07) is 5.31. The van der Waals surface area contributed by atoms with Crippen molar-refractivity contribution in [3.63, 3.8) is 0 Å². The predicted octanol–water partition coefficient (Wildman–Crippen LogP) is 1.87. The second kappa shape index (κ2) is 8.49. The third-order valence-electron chi connectivity index (χ3n) is 3.04. The van der Waals surface area contributed by atoms with Gasteiger partial charge in [-0.25, -0.2) is 0 Å². The highest BCUT2D eigenvalue weighted by atomic mass is 35.5. The number of nitrogens with two attached hydrogens (primary N) is 1. The molecular formula is C14H20ClN3O3. The van der Waals surface area contributed by atoms with E-state index in [0.29, 0.717) is 30.3 Å². The average Bonchev–Trinajstić information content (AvgIpc) is 2.49. The van der Waals surface area contributed by atoms with Crippen LogP contribution in [0.2, 0.25) is 5.02 Å². The van der Waals surface area contributed by atoms with Crippen LogP contribution < -0.4 is 5.73 Å². The molecule has 116 valence electrons. The molecule has 6 nitrogen and oxygen atoms in total. The van der Waals surface area contributed by atoms with E-state index in [1.165, 1.54) is 0 Å². The minimum Gasteiger partial charge on any atom is -0.409 e. The molecule has 0 aliphatic heterocycles. The first-order valence-electron chi connectivity index (χ1n) is 6.51. The number of nitrogens with zero attached hydrogens (tertiary/aromatic N) is 2. The fraction of sp³-hybridized carbons (Fsp3) is 0.429. The van der Waals surface area contributed by atoms with E-state index < -0.39 is 0 Å². The zero-order valence-electron chi connectivity index (χ0n) is 12.2. The van der Waals surface area contributed by atoms with Gasteiger partial charge < -0.3 is 20.6 Å². The average molecular weight is 314 g/mol. The normalized spacial score (nSPS) is 11.5. The highest BCUT2D eigenvalue weighted by Crippen LogP contribution is 2.21. The number of amidine groups is 1. The fourth-order valence-electron chi connectivity index (χ4n) is 1.80. The van der Waals surface area contributed by atoms with Crippen molar-refractivity contribution < 1.29 is 14.7 Å². The molecule has 0 saturated heterocycles. The molecule has 0 heterocycles. The van der Waals surface area contributed by atoms with Crippen molar-refractivity contribution in [3.05, 3.63) is 34.3 Å². The molecule has 0 aliphatic rings. The minimum atomic E-state index is -0.202. The first-order chi connectivity index (χ1) is 10.0. The number of aryl methyl sites for hydroxylation is 1. The first-order valence-corrected chi connectivity index (χ1v) is 6.88. The number of carbonyl (C=O) groups is 1. The number of carbonyl (C=O) groups excluding carboxylic acids is 1. The molecule has 21 heavy (non-hydrogen) atoms. The van der Waals surface area contributed by atoms with E-state index in [4.69, 9.17) is 27.3 Å². The van der Waals surface area contributed by atoms with Crippen LogP contribution in [0, 0.1) is 6.92 Å². The van der Waals surface area contributed by atoms with Crippen molar-refractivity contribution in [1.29, 1.82) is 0 Å². The predicted molar refractivity (Wildman–Crippen MR) is 82.0 cm³/mol. The Kier molecular flexibility index (Phi) is 6.98. The number of hydrogen-bond donors (Lipinski definition) is 2. The van der Waals surface area contributed by atoms with E-state index >= 15 is 0 Å². The van der Waals surface area contributed by atoms with Crippen molar-refractivity contribution in [2.24, 2.45) is 10.9 Å². The van der Waals surface area contributed by atoms with Crippen molar-refractivity contribution in [2.75, 3.05) is 26.8 Å². The van der Waals surface area contributed by atoms with Gasteiger partial charge in [0.05, 0.1) is 17.2 Å². The molecule has 0 bridgehead atoms. The maximum atomic E-state index is 12.6. The lowest BCUT2D eigenvalue weighted by Crippen LogP contribution is -2.36. The molecule has 7 heteroatoms. The molecule has 1 amide bonds. The van der Waals surface area contributed by atoms with Gasteiger partial charge in [0.1, 0.15) is 5.84 Å².